The van der Waals surface area contributed by atoms with Crippen LogP contribution < -0.4 is 5.32 Å². The lowest BCUT2D eigenvalue weighted by Crippen LogP contribution is -2.37. The molecule has 2 fully saturated rings. The van der Waals surface area contributed by atoms with Crippen LogP contribution in [0.4, 0.5) is 5.82 Å². The SMILES string of the molecule is CC1CCCCN1Cc1ccccc1CNc1ccc(S(=O)(=O)N2CCCCC2)cn1. The molecule has 0 bridgehead atoms. The minimum absolute atomic E-state index is 0.277. The van der Waals surface area contributed by atoms with Gasteiger partial charge in [0.15, 0.2) is 0 Å². The van der Waals surface area contributed by atoms with Gasteiger partial charge in [-0.3, -0.25) is 4.90 Å². The normalized spacial score (nSPS) is 21.1. The Labute approximate surface area is 186 Å². The molecule has 2 aliphatic heterocycles. The van der Waals surface area contributed by atoms with Crippen LogP contribution in [0.5, 0.6) is 0 Å². The first-order valence-electron chi connectivity index (χ1n) is 11.5. The number of hydrogen-bond donors (Lipinski definition) is 1. The largest absolute Gasteiger partial charge is 0.366 e. The minimum atomic E-state index is -3.44. The monoisotopic (exact) mass is 442 g/mol. The maximum absolute atomic E-state index is 12.8. The van der Waals surface area contributed by atoms with Crippen molar-refractivity contribution in [2.75, 3.05) is 25.0 Å². The highest BCUT2D eigenvalue weighted by Gasteiger charge is 2.26. The standard InChI is InChI=1S/C24H34N4O2S/c1-20-9-5-8-14-27(20)19-22-11-4-3-10-21(22)17-25-24-13-12-23(18-26-24)31(29,30)28-15-6-2-7-16-28/h3-4,10-13,18,20H,2,5-9,14-17,19H2,1H3,(H,25,26). The second-order valence-corrected chi connectivity index (χ2v) is 10.7. The number of anilines is 1. The fourth-order valence-corrected chi connectivity index (χ4v) is 6.04. The highest BCUT2D eigenvalue weighted by atomic mass is 32.2. The minimum Gasteiger partial charge on any atom is -0.366 e. The zero-order valence-corrected chi connectivity index (χ0v) is 19.3. The Hall–Kier alpha value is -1.96. The van der Waals surface area contributed by atoms with Gasteiger partial charge in [0.2, 0.25) is 10.0 Å². The summed E-state index contributed by atoms with van der Waals surface area (Å²) in [6.07, 6.45) is 8.33. The van der Waals surface area contributed by atoms with Crippen molar-refractivity contribution in [3.63, 3.8) is 0 Å². The summed E-state index contributed by atoms with van der Waals surface area (Å²) in [5.74, 6) is 0.693. The van der Waals surface area contributed by atoms with E-state index in [0.717, 1.165) is 32.4 Å². The van der Waals surface area contributed by atoms with Gasteiger partial charge in [-0.25, -0.2) is 13.4 Å². The number of hydrogen-bond acceptors (Lipinski definition) is 5. The summed E-state index contributed by atoms with van der Waals surface area (Å²) in [7, 11) is -3.44. The van der Waals surface area contributed by atoms with Crippen molar-refractivity contribution in [3.05, 3.63) is 53.7 Å². The molecule has 0 aliphatic carbocycles. The molecular formula is C24H34N4O2S. The number of sulfonamides is 1. The lowest BCUT2D eigenvalue weighted by Gasteiger charge is -2.33. The molecule has 2 aromatic rings. The Morgan fingerprint density at radius 1 is 0.968 bits per heavy atom. The van der Waals surface area contributed by atoms with Gasteiger partial charge in [0.1, 0.15) is 10.7 Å². The van der Waals surface area contributed by atoms with Crippen LogP contribution in [0.3, 0.4) is 0 Å². The zero-order valence-electron chi connectivity index (χ0n) is 18.5. The number of aromatic nitrogens is 1. The van der Waals surface area contributed by atoms with Crippen LogP contribution in [0.25, 0.3) is 0 Å². The molecule has 2 saturated heterocycles. The molecular weight excluding hydrogens is 408 g/mol. The molecule has 1 aromatic carbocycles. The summed E-state index contributed by atoms with van der Waals surface area (Å²) in [5.41, 5.74) is 2.60. The number of benzene rings is 1. The first-order valence-corrected chi connectivity index (χ1v) is 13.0. The third-order valence-electron chi connectivity index (χ3n) is 6.58. The second kappa shape index (κ2) is 10.1. The molecule has 1 aromatic heterocycles. The number of likely N-dealkylation sites (tertiary alicyclic amines) is 1. The third-order valence-corrected chi connectivity index (χ3v) is 8.46. The lowest BCUT2D eigenvalue weighted by atomic mass is 10.0. The number of nitrogens with one attached hydrogen (secondary N) is 1. The van der Waals surface area contributed by atoms with E-state index in [0.29, 0.717) is 31.5 Å². The molecule has 31 heavy (non-hydrogen) atoms. The molecule has 1 unspecified atom stereocenters. The van der Waals surface area contributed by atoms with Gasteiger partial charge in [-0.1, -0.05) is 37.1 Å². The van der Waals surface area contributed by atoms with Crippen molar-refractivity contribution >= 4 is 15.8 Å². The molecule has 0 saturated carbocycles. The van der Waals surface area contributed by atoms with Crippen molar-refractivity contribution in [2.24, 2.45) is 0 Å². The van der Waals surface area contributed by atoms with E-state index in [9.17, 15) is 8.42 Å². The predicted octanol–water partition coefficient (Wildman–Crippen LogP) is 4.24. The molecule has 4 rings (SSSR count). The smallest absolute Gasteiger partial charge is 0.244 e. The molecule has 6 nitrogen and oxygen atoms in total. The zero-order chi connectivity index (χ0) is 21.7. The van der Waals surface area contributed by atoms with Gasteiger partial charge in [0.25, 0.3) is 0 Å². The average molecular weight is 443 g/mol. The molecule has 168 valence electrons. The molecule has 3 heterocycles. The third kappa shape index (κ3) is 5.45. The van der Waals surface area contributed by atoms with E-state index in [1.54, 1.807) is 16.4 Å². The van der Waals surface area contributed by atoms with E-state index >= 15 is 0 Å². The molecule has 7 heteroatoms. The Balaban J connectivity index is 1.39. The van der Waals surface area contributed by atoms with Gasteiger partial charge in [0.05, 0.1) is 0 Å². The predicted molar refractivity (Wildman–Crippen MR) is 124 cm³/mol. The number of nitrogens with zero attached hydrogens (tertiary/aromatic N) is 3. The first kappa shape index (κ1) is 22.2. The summed E-state index contributed by atoms with van der Waals surface area (Å²) in [6, 6.07) is 12.6. The first-order chi connectivity index (χ1) is 15.0. The van der Waals surface area contributed by atoms with Crippen molar-refractivity contribution < 1.29 is 8.42 Å². The maximum atomic E-state index is 12.8. The van der Waals surface area contributed by atoms with Crippen molar-refractivity contribution in [1.82, 2.24) is 14.2 Å². The number of pyridine rings is 1. The van der Waals surface area contributed by atoms with Crippen LogP contribution in [-0.2, 0) is 23.1 Å². The molecule has 2 aliphatic rings. The van der Waals surface area contributed by atoms with Crippen LogP contribution in [0.1, 0.15) is 56.6 Å². The van der Waals surface area contributed by atoms with E-state index in [2.05, 4.69) is 46.4 Å². The van der Waals surface area contributed by atoms with Crippen LogP contribution >= 0.6 is 0 Å². The van der Waals surface area contributed by atoms with E-state index in [-0.39, 0.29) is 4.90 Å². The van der Waals surface area contributed by atoms with Gasteiger partial charge in [-0.2, -0.15) is 4.31 Å². The molecule has 1 N–H and O–H groups in total. The number of rotatable bonds is 7. The van der Waals surface area contributed by atoms with Crippen molar-refractivity contribution in [3.8, 4) is 0 Å². The molecule has 0 spiro atoms. The summed E-state index contributed by atoms with van der Waals surface area (Å²) in [6.45, 7) is 6.34. The van der Waals surface area contributed by atoms with Crippen LogP contribution in [0, 0.1) is 0 Å². The fraction of sp³-hybridized carbons (Fsp3) is 0.542. The lowest BCUT2D eigenvalue weighted by molar-refractivity contribution is 0.152. The summed E-state index contributed by atoms with van der Waals surface area (Å²) in [4.78, 5) is 7.23. The topological polar surface area (TPSA) is 65.5 Å². The van der Waals surface area contributed by atoms with E-state index in [4.69, 9.17) is 0 Å². The van der Waals surface area contributed by atoms with Gasteiger partial charge in [-0.15, -0.1) is 0 Å². The Bertz CT molecular complexity index is 956. The van der Waals surface area contributed by atoms with E-state index in [1.807, 2.05) is 0 Å². The maximum Gasteiger partial charge on any atom is 0.244 e. The van der Waals surface area contributed by atoms with Crippen molar-refractivity contribution in [1.29, 1.82) is 0 Å². The molecule has 0 radical (unpaired) electrons. The van der Waals surface area contributed by atoms with Gasteiger partial charge in [0, 0.05) is 38.4 Å². The summed E-state index contributed by atoms with van der Waals surface area (Å²) >= 11 is 0. The summed E-state index contributed by atoms with van der Waals surface area (Å²) in [5, 5.41) is 3.37. The van der Waals surface area contributed by atoms with Gasteiger partial charge >= 0.3 is 0 Å². The summed E-state index contributed by atoms with van der Waals surface area (Å²) < 4.78 is 27.2. The van der Waals surface area contributed by atoms with Crippen LogP contribution in [0.2, 0.25) is 0 Å². The van der Waals surface area contributed by atoms with Crippen LogP contribution in [-0.4, -0.2) is 48.3 Å². The Kier molecular flexibility index (Phi) is 7.25. The number of piperidine rings is 2. The molecule has 0 amide bonds. The van der Waals surface area contributed by atoms with Crippen molar-refractivity contribution in [2.45, 2.75) is 69.5 Å². The Morgan fingerprint density at radius 3 is 2.42 bits per heavy atom. The van der Waals surface area contributed by atoms with Crippen LogP contribution in [0.15, 0.2) is 47.5 Å². The highest BCUT2D eigenvalue weighted by molar-refractivity contribution is 7.89. The Morgan fingerprint density at radius 2 is 1.71 bits per heavy atom. The second-order valence-electron chi connectivity index (χ2n) is 8.78. The average Bonchev–Trinajstić information content (AvgIpc) is 2.81. The van der Waals surface area contributed by atoms with Gasteiger partial charge < -0.3 is 5.32 Å². The quantitative estimate of drug-likeness (QED) is 0.695. The molecule has 1 atom stereocenters. The van der Waals surface area contributed by atoms with E-state index < -0.39 is 10.0 Å². The highest BCUT2D eigenvalue weighted by Crippen LogP contribution is 2.23. The fourth-order valence-electron chi connectivity index (χ4n) is 4.57. The van der Waals surface area contributed by atoms with Gasteiger partial charge in [-0.05, 0) is 62.4 Å². The van der Waals surface area contributed by atoms with E-state index in [1.165, 1.54) is 36.6 Å².